The van der Waals surface area contributed by atoms with Gasteiger partial charge >= 0.3 is 0 Å². The molecule has 0 fully saturated rings. The van der Waals surface area contributed by atoms with Crippen LogP contribution in [0.2, 0.25) is 0 Å². The Morgan fingerprint density at radius 2 is 2.06 bits per heavy atom. The van der Waals surface area contributed by atoms with Crippen LogP contribution in [0, 0.1) is 6.92 Å². The number of rotatable bonds is 9. The summed E-state index contributed by atoms with van der Waals surface area (Å²) in [5.74, 6) is 0.541. The predicted molar refractivity (Wildman–Crippen MR) is 124 cm³/mol. The minimum absolute atomic E-state index is 0.170. The van der Waals surface area contributed by atoms with Crippen molar-refractivity contribution >= 4 is 23.3 Å². The molecule has 0 bridgehead atoms. The summed E-state index contributed by atoms with van der Waals surface area (Å²) in [6.07, 6.45) is 6.48. The number of carbonyl (C=O) groups is 1. The van der Waals surface area contributed by atoms with Gasteiger partial charge in [-0.3, -0.25) is 4.79 Å². The Labute approximate surface area is 190 Å². The van der Waals surface area contributed by atoms with Crippen molar-refractivity contribution in [1.82, 2.24) is 25.1 Å². The third-order valence-electron chi connectivity index (χ3n) is 4.64. The molecule has 0 atom stereocenters. The largest absolute Gasteiger partial charge is 0.487 e. The highest BCUT2D eigenvalue weighted by molar-refractivity contribution is 7.09. The minimum Gasteiger partial charge on any atom is -0.487 e. The fraction of sp³-hybridized carbons (Fsp3) is 0.167. The van der Waals surface area contributed by atoms with Gasteiger partial charge in [0, 0.05) is 23.6 Å². The van der Waals surface area contributed by atoms with Gasteiger partial charge in [-0.1, -0.05) is 42.5 Å². The molecule has 0 radical (unpaired) electrons. The van der Waals surface area contributed by atoms with Crippen LogP contribution >= 0.6 is 11.3 Å². The number of nitrogens with zero attached hydrogens (tertiary/aromatic N) is 4. The molecule has 0 aliphatic heterocycles. The quantitative estimate of drug-likeness (QED) is 0.394. The minimum atomic E-state index is -0.170. The first-order valence-corrected chi connectivity index (χ1v) is 11.0. The van der Waals surface area contributed by atoms with E-state index in [9.17, 15) is 4.79 Å². The number of aryl methyl sites for hydroxylation is 1. The van der Waals surface area contributed by atoms with Crippen LogP contribution in [0.25, 0.3) is 6.08 Å². The second-order valence-corrected chi connectivity index (χ2v) is 8.21. The molecular weight excluding hydrogens is 422 g/mol. The molecule has 0 saturated carbocycles. The normalized spacial score (nSPS) is 11.0. The molecule has 4 aromatic rings. The van der Waals surface area contributed by atoms with Crippen molar-refractivity contribution in [2.45, 2.75) is 26.6 Å². The van der Waals surface area contributed by atoms with E-state index in [2.05, 4.69) is 26.4 Å². The van der Waals surface area contributed by atoms with E-state index in [4.69, 9.17) is 4.74 Å². The molecule has 2 aromatic heterocycles. The van der Waals surface area contributed by atoms with Crippen LogP contribution in [0.5, 0.6) is 5.75 Å². The number of amides is 1. The third kappa shape index (κ3) is 6.12. The molecule has 4 rings (SSSR count). The summed E-state index contributed by atoms with van der Waals surface area (Å²) in [7, 11) is 0. The first-order chi connectivity index (χ1) is 15.7. The summed E-state index contributed by atoms with van der Waals surface area (Å²) in [4.78, 5) is 20.7. The Bertz CT molecular complexity index is 1200. The standard InChI is InChI=1S/C24H23N5O2S/c1-18-28-22(15-32-18)14-31-23-8-3-2-7-21(23)9-10-24(30)26-12-19-5-4-6-20(11-19)13-29-17-25-16-27-29/h2-11,15-17H,12-14H2,1H3,(H,26,30)/b10-9+. The summed E-state index contributed by atoms with van der Waals surface area (Å²) >= 11 is 1.60. The lowest BCUT2D eigenvalue weighted by Crippen LogP contribution is -2.20. The molecule has 0 aliphatic rings. The molecule has 0 unspecified atom stereocenters. The van der Waals surface area contributed by atoms with Crippen molar-refractivity contribution in [3.8, 4) is 5.75 Å². The molecule has 1 amide bonds. The average molecular weight is 446 g/mol. The Morgan fingerprint density at radius 3 is 2.88 bits per heavy atom. The van der Waals surface area contributed by atoms with E-state index in [0.29, 0.717) is 25.4 Å². The smallest absolute Gasteiger partial charge is 0.244 e. The van der Waals surface area contributed by atoms with Crippen LogP contribution in [0.1, 0.15) is 27.4 Å². The van der Waals surface area contributed by atoms with E-state index in [1.54, 1.807) is 28.4 Å². The van der Waals surface area contributed by atoms with Gasteiger partial charge in [-0.25, -0.2) is 14.6 Å². The van der Waals surface area contributed by atoms with Gasteiger partial charge < -0.3 is 10.1 Å². The Morgan fingerprint density at radius 1 is 1.19 bits per heavy atom. The molecule has 2 aromatic carbocycles. The van der Waals surface area contributed by atoms with Crippen molar-refractivity contribution in [3.63, 3.8) is 0 Å². The zero-order valence-electron chi connectivity index (χ0n) is 17.6. The molecule has 2 heterocycles. The molecule has 7 nitrogen and oxygen atoms in total. The highest BCUT2D eigenvalue weighted by Gasteiger charge is 2.05. The highest BCUT2D eigenvalue weighted by Crippen LogP contribution is 2.21. The monoisotopic (exact) mass is 445 g/mol. The summed E-state index contributed by atoms with van der Waals surface area (Å²) in [5, 5.41) is 10.0. The topological polar surface area (TPSA) is 81.9 Å². The van der Waals surface area contributed by atoms with Crippen LogP contribution in [0.15, 0.2) is 72.6 Å². The maximum absolute atomic E-state index is 12.4. The zero-order chi connectivity index (χ0) is 22.2. The van der Waals surface area contributed by atoms with Crippen LogP contribution < -0.4 is 10.1 Å². The third-order valence-corrected chi connectivity index (χ3v) is 5.47. The number of nitrogens with one attached hydrogen (secondary N) is 1. The van der Waals surface area contributed by atoms with Gasteiger partial charge in [0.15, 0.2) is 0 Å². The number of ether oxygens (including phenoxy) is 1. The van der Waals surface area contributed by atoms with Crippen LogP contribution in [0.4, 0.5) is 0 Å². The number of benzene rings is 2. The molecule has 162 valence electrons. The first-order valence-electron chi connectivity index (χ1n) is 10.1. The van der Waals surface area contributed by atoms with Crippen molar-refractivity contribution in [2.75, 3.05) is 0 Å². The highest BCUT2D eigenvalue weighted by atomic mass is 32.1. The maximum Gasteiger partial charge on any atom is 0.244 e. The van der Waals surface area contributed by atoms with Gasteiger partial charge in [-0.2, -0.15) is 5.10 Å². The van der Waals surface area contributed by atoms with Crippen molar-refractivity contribution < 1.29 is 9.53 Å². The summed E-state index contributed by atoms with van der Waals surface area (Å²) < 4.78 is 7.66. The van der Waals surface area contributed by atoms with Crippen molar-refractivity contribution in [2.24, 2.45) is 0 Å². The van der Waals surface area contributed by atoms with Crippen molar-refractivity contribution in [1.29, 1.82) is 0 Å². The maximum atomic E-state index is 12.4. The Hall–Kier alpha value is -3.78. The van der Waals surface area contributed by atoms with Crippen LogP contribution in [-0.4, -0.2) is 25.7 Å². The molecule has 0 spiro atoms. The van der Waals surface area contributed by atoms with E-state index in [1.165, 1.54) is 12.4 Å². The van der Waals surface area contributed by atoms with Gasteiger partial charge in [-0.15, -0.1) is 11.3 Å². The SMILES string of the molecule is Cc1nc(COc2ccccc2/C=C/C(=O)NCc2cccc(Cn3cncn3)c2)cs1. The summed E-state index contributed by atoms with van der Waals surface area (Å²) in [6, 6.07) is 15.7. The number of hydrogen-bond donors (Lipinski definition) is 1. The lowest BCUT2D eigenvalue weighted by molar-refractivity contribution is -0.116. The fourth-order valence-electron chi connectivity index (χ4n) is 3.13. The first kappa shape index (κ1) is 21.5. The number of carbonyl (C=O) groups excluding carboxylic acids is 1. The van der Waals surface area contributed by atoms with E-state index in [0.717, 1.165) is 27.4 Å². The zero-order valence-corrected chi connectivity index (χ0v) is 18.5. The van der Waals surface area contributed by atoms with Gasteiger partial charge in [0.05, 0.1) is 17.2 Å². The molecule has 1 N–H and O–H groups in total. The van der Waals surface area contributed by atoms with Gasteiger partial charge in [0.25, 0.3) is 0 Å². The van der Waals surface area contributed by atoms with Gasteiger partial charge in [-0.05, 0) is 30.2 Å². The number of aromatic nitrogens is 4. The molecular formula is C24H23N5O2S. The van der Waals surface area contributed by atoms with Crippen LogP contribution in [-0.2, 0) is 24.5 Å². The predicted octanol–water partition coefficient (Wildman–Crippen LogP) is 4.00. The van der Waals surface area contributed by atoms with E-state index in [1.807, 2.05) is 54.8 Å². The van der Waals surface area contributed by atoms with E-state index in [-0.39, 0.29) is 5.91 Å². The lowest BCUT2D eigenvalue weighted by atomic mass is 10.1. The number of thiazole rings is 1. The van der Waals surface area contributed by atoms with Crippen molar-refractivity contribution in [3.05, 3.63) is 100 Å². The van der Waals surface area contributed by atoms with Crippen LogP contribution in [0.3, 0.4) is 0 Å². The average Bonchev–Trinajstić information content (AvgIpc) is 3.47. The van der Waals surface area contributed by atoms with Gasteiger partial charge in [0.1, 0.15) is 25.0 Å². The summed E-state index contributed by atoms with van der Waals surface area (Å²) in [5.41, 5.74) is 3.85. The van der Waals surface area contributed by atoms with E-state index < -0.39 is 0 Å². The van der Waals surface area contributed by atoms with E-state index >= 15 is 0 Å². The van der Waals surface area contributed by atoms with Gasteiger partial charge in [0.2, 0.25) is 5.91 Å². The Balaban J connectivity index is 1.32. The Kier molecular flexibility index (Phi) is 7.04. The number of para-hydroxylation sites is 1. The molecule has 0 saturated heterocycles. The molecule has 8 heteroatoms. The molecule has 32 heavy (non-hydrogen) atoms. The second kappa shape index (κ2) is 10.5. The molecule has 0 aliphatic carbocycles. The second-order valence-electron chi connectivity index (χ2n) is 7.15. The number of hydrogen-bond acceptors (Lipinski definition) is 6. The lowest BCUT2D eigenvalue weighted by Gasteiger charge is -2.08. The summed E-state index contributed by atoms with van der Waals surface area (Å²) in [6.45, 7) is 3.44. The fourth-order valence-corrected chi connectivity index (χ4v) is 3.73.